The van der Waals surface area contributed by atoms with Gasteiger partial charge in [0.1, 0.15) is 0 Å². The van der Waals surface area contributed by atoms with Crippen LogP contribution in [0.15, 0.2) is 28.7 Å². The fraction of sp³-hybridized carbons (Fsp3) is 0.400. The first-order chi connectivity index (χ1) is 9.65. The number of fused-ring (bicyclic) bond motifs is 1. The number of nitrogens with zero attached hydrogens (tertiary/aromatic N) is 1. The van der Waals surface area contributed by atoms with Crippen molar-refractivity contribution in [3.05, 3.63) is 34.4 Å². The minimum Gasteiger partial charge on any atom is -0.481 e. The molecule has 3 rings (SSSR count). The largest absolute Gasteiger partial charge is 0.481 e. The zero-order chi connectivity index (χ0) is 14.1. The lowest BCUT2D eigenvalue weighted by atomic mass is 9.98. The Hall–Kier alpha value is -1.33. The Labute approximate surface area is 125 Å². The van der Waals surface area contributed by atoms with Crippen LogP contribution in [-0.4, -0.2) is 34.0 Å². The number of benzene rings is 1. The van der Waals surface area contributed by atoms with Gasteiger partial charge in [0.15, 0.2) is 0 Å². The maximum atomic E-state index is 11.1. The van der Waals surface area contributed by atoms with E-state index in [1.165, 1.54) is 5.39 Å². The number of aromatic nitrogens is 1. The number of para-hydroxylation sites is 1. The molecule has 4 nitrogen and oxygen atoms in total. The number of halogens is 1. The summed E-state index contributed by atoms with van der Waals surface area (Å²) in [5.41, 5.74) is 2.23. The molecule has 0 amide bonds. The molecule has 20 heavy (non-hydrogen) atoms. The van der Waals surface area contributed by atoms with Crippen molar-refractivity contribution in [3.8, 4) is 0 Å². The van der Waals surface area contributed by atoms with Gasteiger partial charge in [0.05, 0.1) is 5.92 Å². The van der Waals surface area contributed by atoms with Gasteiger partial charge in [0.2, 0.25) is 0 Å². The van der Waals surface area contributed by atoms with Crippen LogP contribution in [0.25, 0.3) is 10.9 Å². The second-order valence-electron chi connectivity index (χ2n) is 5.38. The van der Waals surface area contributed by atoms with E-state index in [1.807, 2.05) is 12.1 Å². The van der Waals surface area contributed by atoms with Crippen molar-refractivity contribution < 1.29 is 9.90 Å². The maximum absolute atomic E-state index is 11.1. The summed E-state index contributed by atoms with van der Waals surface area (Å²) in [6, 6.07) is 8.16. The van der Waals surface area contributed by atoms with Crippen molar-refractivity contribution in [3.63, 3.8) is 0 Å². The Morgan fingerprint density at radius 2 is 2.25 bits per heavy atom. The van der Waals surface area contributed by atoms with Gasteiger partial charge >= 0.3 is 5.97 Å². The third kappa shape index (κ3) is 2.60. The Morgan fingerprint density at radius 1 is 1.45 bits per heavy atom. The average molecular weight is 337 g/mol. The van der Waals surface area contributed by atoms with Crippen LogP contribution in [-0.2, 0) is 11.3 Å². The Bertz CT molecular complexity index is 638. The van der Waals surface area contributed by atoms with Crippen LogP contribution in [0.5, 0.6) is 0 Å². The van der Waals surface area contributed by atoms with E-state index in [2.05, 4.69) is 37.9 Å². The summed E-state index contributed by atoms with van der Waals surface area (Å²) in [6.45, 7) is 2.36. The molecular weight excluding hydrogens is 320 g/mol. The molecule has 2 aromatic rings. The highest BCUT2D eigenvalue weighted by molar-refractivity contribution is 9.10. The van der Waals surface area contributed by atoms with Gasteiger partial charge in [0.25, 0.3) is 0 Å². The number of likely N-dealkylation sites (tertiary alicyclic amines) is 1. The number of hydrogen-bond acceptors (Lipinski definition) is 2. The predicted octanol–water partition coefficient (Wildman–Crippen LogP) is 3.23. The highest BCUT2D eigenvalue weighted by Crippen LogP contribution is 2.29. The predicted molar refractivity (Wildman–Crippen MR) is 81.6 cm³/mol. The molecule has 1 aliphatic rings. The zero-order valence-electron chi connectivity index (χ0n) is 11.1. The van der Waals surface area contributed by atoms with Crippen molar-refractivity contribution in [2.75, 3.05) is 13.1 Å². The van der Waals surface area contributed by atoms with Gasteiger partial charge in [-0.05, 0) is 41.4 Å². The molecule has 0 saturated carbocycles. The molecule has 1 fully saturated rings. The number of aromatic amines is 1. The lowest BCUT2D eigenvalue weighted by Gasteiger charge is -2.30. The van der Waals surface area contributed by atoms with E-state index in [0.29, 0.717) is 6.54 Å². The highest BCUT2D eigenvalue weighted by atomic mass is 79.9. The van der Waals surface area contributed by atoms with Crippen LogP contribution in [0.2, 0.25) is 0 Å². The number of rotatable bonds is 3. The molecule has 1 saturated heterocycles. The third-order valence-corrected chi connectivity index (χ3v) is 4.86. The summed E-state index contributed by atoms with van der Waals surface area (Å²) in [4.78, 5) is 16.8. The number of carbonyl (C=O) groups is 1. The number of H-pyrrole nitrogens is 1. The van der Waals surface area contributed by atoms with Gasteiger partial charge in [0, 0.05) is 34.2 Å². The van der Waals surface area contributed by atoms with Gasteiger partial charge in [-0.2, -0.15) is 0 Å². The molecule has 2 heterocycles. The van der Waals surface area contributed by atoms with Crippen LogP contribution in [0.1, 0.15) is 18.5 Å². The zero-order valence-corrected chi connectivity index (χ0v) is 12.7. The number of carboxylic acid groups (broad SMARTS) is 1. The summed E-state index contributed by atoms with van der Waals surface area (Å²) >= 11 is 3.65. The summed E-state index contributed by atoms with van der Waals surface area (Å²) in [6.07, 6.45) is 1.74. The molecule has 0 aliphatic carbocycles. The molecule has 1 aromatic carbocycles. The first kappa shape index (κ1) is 13.6. The van der Waals surface area contributed by atoms with Gasteiger partial charge in [-0.1, -0.05) is 18.2 Å². The summed E-state index contributed by atoms with van der Waals surface area (Å²) in [5.74, 6) is -0.905. The molecule has 5 heteroatoms. The van der Waals surface area contributed by atoms with Crippen molar-refractivity contribution in [1.82, 2.24) is 9.88 Å². The minimum absolute atomic E-state index is 0.230. The van der Waals surface area contributed by atoms with E-state index in [1.54, 1.807) is 0 Å². The van der Waals surface area contributed by atoms with Crippen molar-refractivity contribution >= 4 is 32.8 Å². The smallest absolute Gasteiger partial charge is 0.307 e. The first-order valence-electron chi connectivity index (χ1n) is 6.85. The average Bonchev–Trinajstić information content (AvgIpc) is 2.76. The van der Waals surface area contributed by atoms with Crippen LogP contribution >= 0.6 is 15.9 Å². The SMILES string of the molecule is O=C(O)[C@@H]1CCCN(Cc2[nH]c3ccccc3c2Br)C1. The molecule has 1 atom stereocenters. The topological polar surface area (TPSA) is 56.3 Å². The van der Waals surface area contributed by atoms with Gasteiger partial charge < -0.3 is 10.1 Å². The number of aliphatic carboxylic acids is 1. The molecule has 2 N–H and O–H groups in total. The van der Waals surface area contributed by atoms with Crippen LogP contribution in [0.3, 0.4) is 0 Å². The summed E-state index contributed by atoms with van der Waals surface area (Å²) < 4.78 is 1.09. The van der Waals surface area contributed by atoms with E-state index < -0.39 is 5.97 Å². The van der Waals surface area contributed by atoms with E-state index in [9.17, 15) is 4.79 Å². The normalized spacial score (nSPS) is 20.4. The first-order valence-corrected chi connectivity index (χ1v) is 7.64. The van der Waals surface area contributed by atoms with Crippen molar-refractivity contribution in [1.29, 1.82) is 0 Å². The Kier molecular flexibility index (Phi) is 3.81. The standard InChI is InChI=1S/C15H17BrN2O2/c16-14-11-5-1-2-6-12(11)17-13(14)9-18-7-3-4-10(8-18)15(19)20/h1-2,5-6,10,17H,3-4,7-9H2,(H,19,20)/t10-/m1/s1. The number of hydrogen-bond donors (Lipinski definition) is 2. The molecule has 0 radical (unpaired) electrons. The second-order valence-corrected chi connectivity index (χ2v) is 6.17. The van der Waals surface area contributed by atoms with Crippen LogP contribution in [0.4, 0.5) is 0 Å². The van der Waals surface area contributed by atoms with E-state index in [0.717, 1.165) is 41.6 Å². The Balaban J connectivity index is 1.79. The lowest BCUT2D eigenvalue weighted by Crippen LogP contribution is -2.38. The van der Waals surface area contributed by atoms with E-state index >= 15 is 0 Å². The number of nitrogens with one attached hydrogen (secondary N) is 1. The fourth-order valence-electron chi connectivity index (χ4n) is 2.90. The summed E-state index contributed by atoms with van der Waals surface area (Å²) in [5, 5.41) is 10.3. The molecule has 0 bridgehead atoms. The monoisotopic (exact) mass is 336 g/mol. The minimum atomic E-state index is -0.676. The summed E-state index contributed by atoms with van der Waals surface area (Å²) in [7, 11) is 0. The molecular formula is C15H17BrN2O2. The molecule has 106 valence electrons. The third-order valence-electron chi connectivity index (χ3n) is 3.95. The van der Waals surface area contributed by atoms with Gasteiger partial charge in [-0.15, -0.1) is 0 Å². The highest BCUT2D eigenvalue weighted by Gasteiger charge is 2.26. The van der Waals surface area contributed by atoms with Gasteiger partial charge in [-0.3, -0.25) is 9.69 Å². The maximum Gasteiger partial charge on any atom is 0.307 e. The quantitative estimate of drug-likeness (QED) is 0.904. The van der Waals surface area contributed by atoms with Crippen LogP contribution < -0.4 is 0 Å². The van der Waals surface area contributed by atoms with Crippen molar-refractivity contribution in [2.45, 2.75) is 19.4 Å². The Morgan fingerprint density at radius 3 is 3.00 bits per heavy atom. The number of piperidine rings is 1. The van der Waals surface area contributed by atoms with E-state index in [-0.39, 0.29) is 5.92 Å². The molecule has 1 aliphatic heterocycles. The van der Waals surface area contributed by atoms with Crippen LogP contribution in [0, 0.1) is 5.92 Å². The second kappa shape index (κ2) is 5.58. The molecule has 0 spiro atoms. The van der Waals surface area contributed by atoms with E-state index in [4.69, 9.17) is 5.11 Å². The lowest BCUT2D eigenvalue weighted by molar-refractivity contribution is -0.143. The van der Waals surface area contributed by atoms with Crippen molar-refractivity contribution in [2.24, 2.45) is 5.92 Å². The molecule has 1 aromatic heterocycles. The molecule has 0 unspecified atom stereocenters. The van der Waals surface area contributed by atoms with Gasteiger partial charge in [-0.25, -0.2) is 0 Å². The fourth-order valence-corrected chi connectivity index (χ4v) is 3.47. The number of carboxylic acids is 1.